The third kappa shape index (κ3) is 1.97. The fourth-order valence-corrected chi connectivity index (χ4v) is 3.03. The van der Waals surface area contributed by atoms with E-state index in [4.69, 9.17) is 5.73 Å². The van der Waals surface area contributed by atoms with E-state index in [0.717, 1.165) is 31.4 Å². The van der Waals surface area contributed by atoms with Gasteiger partial charge in [-0.1, -0.05) is 19.9 Å². The lowest BCUT2D eigenvalue weighted by Gasteiger charge is -2.31. The monoisotopic (exact) mass is 246 g/mol. The van der Waals surface area contributed by atoms with Crippen LogP contribution in [0.2, 0.25) is 0 Å². The first kappa shape index (κ1) is 13.2. The molecular formula is C15H22N2O. The molecule has 1 aromatic heterocycles. The molecule has 1 aliphatic rings. The van der Waals surface area contributed by atoms with E-state index in [0.29, 0.717) is 12.3 Å². The molecule has 0 fully saturated rings. The number of aromatic nitrogens is 1. The molecule has 0 aliphatic heterocycles. The zero-order valence-corrected chi connectivity index (χ0v) is 11.3. The number of Topliss-reactive ketones (excluding diaryl/α,β-unsaturated/α-hetero) is 1. The number of carbonyl (C=O) groups is 1. The summed E-state index contributed by atoms with van der Waals surface area (Å²) in [6.45, 7) is 4.56. The zero-order chi connectivity index (χ0) is 13.2. The van der Waals surface area contributed by atoms with Crippen LogP contribution in [0.1, 0.15) is 50.3 Å². The Labute approximate surface area is 109 Å². The first-order valence-electron chi connectivity index (χ1n) is 6.86. The Morgan fingerprint density at radius 3 is 2.83 bits per heavy atom. The van der Waals surface area contributed by atoms with E-state index in [-0.39, 0.29) is 11.3 Å². The van der Waals surface area contributed by atoms with Gasteiger partial charge in [-0.15, -0.1) is 0 Å². The smallest absolute Gasteiger partial charge is 0.149 e. The van der Waals surface area contributed by atoms with E-state index in [2.05, 4.69) is 24.9 Å². The van der Waals surface area contributed by atoms with Gasteiger partial charge in [-0.25, -0.2) is 0 Å². The molecule has 0 amide bonds. The largest absolute Gasteiger partial charge is 0.329 e. The van der Waals surface area contributed by atoms with Crippen LogP contribution in [0.25, 0.3) is 0 Å². The van der Waals surface area contributed by atoms with Gasteiger partial charge in [-0.2, -0.15) is 0 Å². The van der Waals surface area contributed by atoms with Crippen molar-refractivity contribution in [3.05, 3.63) is 29.6 Å². The van der Waals surface area contributed by atoms with Crippen LogP contribution < -0.4 is 5.73 Å². The molecule has 2 N–H and O–H groups in total. The maximum Gasteiger partial charge on any atom is 0.149 e. The van der Waals surface area contributed by atoms with E-state index >= 15 is 0 Å². The molecule has 1 aliphatic carbocycles. The van der Waals surface area contributed by atoms with Gasteiger partial charge in [-0.3, -0.25) is 9.78 Å². The molecule has 0 radical (unpaired) electrons. The molecule has 0 bridgehead atoms. The molecule has 0 spiro atoms. The number of carbonyl (C=O) groups excluding carboxylic acids is 1. The number of rotatable bonds is 5. The van der Waals surface area contributed by atoms with Crippen LogP contribution in [0.5, 0.6) is 0 Å². The Morgan fingerprint density at radius 2 is 2.22 bits per heavy atom. The molecule has 0 aromatic carbocycles. The topological polar surface area (TPSA) is 56.0 Å². The van der Waals surface area contributed by atoms with Crippen molar-refractivity contribution in [2.45, 2.75) is 45.4 Å². The average Bonchev–Trinajstić information content (AvgIpc) is 2.85. The Bertz CT molecular complexity index is 430. The molecule has 0 saturated carbocycles. The van der Waals surface area contributed by atoms with Crippen molar-refractivity contribution in [3.63, 3.8) is 0 Å². The number of nitrogens with two attached hydrogens (primary N) is 1. The van der Waals surface area contributed by atoms with E-state index in [1.165, 1.54) is 5.56 Å². The van der Waals surface area contributed by atoms with Gasteiger partial charge in [0.1, 0.15) is 5.78 Å². The highest BCUT2D eigenvalue weighted by molar-refractivity contribution is 5.91. The lowest BCUT2D eigenvalue weighted by atomic mass is 9.73. The van der Waals surface area contributed by atoms with Crippen LogP contribution in [0.4, 0.5) is 0 Å². The first-order valence-corrected chi connectivity index (χ1v) is 6.86. The highest BCUT2D eigenvalue weighted by atomic mass is 16.1. The average molecular weight is 246 g/mol. The van der Waals surface area contributed by atoms with Crippen LogP contribution >= 0.6 is 0 Å². The molecule has 1 unspecified atom stereocenters. The summed E-state index contributed by atoms with van der Waals surface area (Å²) < 4.78 is 0. The molecule has 18 heavy (non-hydrogen) atoms. The standard InChI is InChI=1S/C15H22N2O/c1-3-15(4-2,10-16)14(18)12-8-7-11-6-5-9-17-13(11)12/h5-6,9,12H,3-4,7-8,10,16H2,1-2H3. The molecule has 1 aromatic rings. The second-order valence-corrected chi connectivity index (χ2v) is 5.19. The number of hydrogen-bond acceptors (Lipinski definition) is 3. The Morgan fingerprint density at radius 1 is 1.50 bits per heavy atom. The van der Waals surface area contributed by atoms with Gasteiger partial charge in [0.25, 0.3) is 0 Å². The fourth-order valence-electron chi connectivity index (χ4n) is 3.03. The van der Waals surface area contributed by atoms with Gasteiger partial charge in [-0.05, 0) is 37.3 Å². The lowest BCUT2D eigenvalue weighted by molar-refractivity contribution is -0.130. The van der Waals surface area contributed by atoms with Crippen molar-refractivity contribution in [2.75, 3.05) is 6.54 Å². The fraction of sp³-hybridized carbons (Fsp3) is 0.600. The number of fused-ring (bicyclic) bond motifs is 1. The van der Waals surface area contributed by atoms with Crippen molar-refractivity contribution in [1.82, 2.24) is 4.98 Å². The molecule has 3 nitrogen and oxygen atoms in total. The zero-order valence-electron chi connectivity index (χ0n) is 11.3. The predicted molar refractivity (Wildman–Crippen MR) is 72.4 cm³/mol. The summed E-state index contributed by atoms with van der Waals surface area (Å²) in [6.07, 6.45) is 5.28. The highest BCUT2D eigenvalue weighted by Crippen LogP contribution is 2.39. The molecule has 2 rings (SSSR count). The Hall–Kier alpha value is -1.22. The second-order valence-electron chi connectivity index (χ2n) is 5.19. The summed E-state index contributed by atoms with van der Waals surface area (Å²) >= 11 is 0. The van der Waals surface area contributed by atoms with Gasteiger partial charge in [0.05, 0.1) is 11.6 Å². The number of hydrogen-bond donors (Lipinski definition) is 1. The van der Waals surface area contributed by atoms with Crippen LogP contribution in [0, 0.1) is 5.41 Å². The van der Waals surface area contributed by atoms with Gasteiger partial charge < -0.3 is 5.73 Å². The van der Waals surface area contributed by atoms with Crippen molar-refractivity contribution in [1.29, 1.82) is 0 Å². The molecule has 3 heteroatoms. The number of pyridine rings is 1. The SMILES string of the molecule is CCC(CC)(CN)C(=O)C1CCc2cccnc21. The summed E-state index contributed by atoms with van der Waals surface area (Å²) in [7, 11) is 0. The third-order valence-electron chi connectivity index (χ3n) is 4.54. The van der Waals surface area contributed by atoms with Crippen LogP contribution in [0.3, 0.4) is 0 Å². The predicted octanol–water partition coefficient (Wildman–Crippen LogP) is 2.45. The molecule has 1 atom stereocenters. The number of ketones is 1. The quantitative estimate of drug-likeness (QED) is 0.868. The summed E-state index contributed by atoms with van der Waals surface area (Å²) in [4.78, 5) is 17.2. The minimum atomic E-state index is -0.357. The van der Waals surface area contributed by atoms with Gasteiger partial charge in [0.15, 0.2) is 0 Å². The Balaban J connectivity index is 2.31. The van der Waals surface area contributed by atoms with E-state index in [9.17, 15) is 4.79 Å². The molecule has 0 saturated heterocycles. The summed E-state index contributed by atoms with van der Waals surface area (Å²) in [5, 5.41) is 0. The maximum absolute atomic E-state index is 12.8. The highest BCUT2D eigenvalue weighted by Gasteiger charge is 2.41. The number of nitrogens with zero attached hydrogens (tertiary/aromatic N) is 1. The third-order valence-corrected chi connectivity index (χ3v) is 4.54. The van der Waals surface area contributed by atoms with Crippen LogP contribution in [0.15, 0.2) is 18.3 Å². The molecular weight excluding hydrogens is 224 g/mol. The second kappa shape index (κ2) is 5.19. The number of aryl methyl sites for hydroxylation is 1. The lowest BCUT2D eigenvalue weighted by Crippen LogP contribution is -2.40. The van der Waals surface area contributed by atoms with E-state index in [1.54, 1.807) is 6.20 Å². The van der Waals surface area contributed by atoms with E-state index in [1.807, 2.05) is 6.07 Å². The summed E-state index contributed by atoms with van der Waals surface area (Å²) in [5.41, 5.74) is 7.74. The Kier molecular flexibility index (Phi) is 3.81. The van der Waals surface area contributed by atoms with Crippen molar-refractivity contribution >= 4 is 5.78 Å². The molecule has 98 valence electrons. The minimum Gasteiger partial charge on any atom is -0.329 e. The van der Waals surface area contributed by atoms with Crippen molar-refractivity contribution < 1.29 is 4.79 Å². The summed E-state index contributed by atoms with van der Waals surface area (Å²) in [6, 6.07) is 4.03. The van der Waals surface area contributed by atoms with Crippen LogP contribution in [-0.4, -0.2) is 17.3 Å². The normalized spacial score (nSPS) is 18.7. The minimum absolute atomic E-state index is 0.0374. The first-order chi connectivity index (χ1) is 8.68. The van der Waals surface area contributed by atoms with Crippen molar-refractivity contribution in [3.8, 4) is 0 Å². The van der Waals surface area contributed by atoms with Gasteiger partial charge in [0, 0.05) is 18.2 Å². The van der Waals surface area contributed by atoms with E-state index < -0.39 is 0 Å². The van der Waals surface area contributed by atoms with Crippen molar-refractivity contribution in [2.24, 2.45) is 11.1 Å². The molecule has 1 heterocycles. The van der Waals surface area contributed by atoms with Crippen LogP contribution in [-0.2, 0) is 11.2 Å². The maximum atomic E-state index is 12.8. The van der Waals surface area contributed by atoms with Gasteiger partial charge in [0.2, 0.25) is 0 Å². The summed E-state index contributed by atoms with van der Waals surface area (Å²) in [5.74, 6) is 0.261. The van der Waals surface area contributed by atoms with Gasteiger partial charge >= 0.3 is 0 Å².